The maximum atomic E-state index is 9.81. The lowest BCUT2D eigenvalue weighted by Gasteiger charge is -1.71. The fraction of sp³-hybridized carbons (Fsp3) is 0.300. The summed E-state index contributed by atoms with van der Waals surface area (Å²) >= 11 is 0. The molecular formula is C10H11N3O2. The highest BCUT2D eigenvalue weighted by Crippen LogP contribution is 1.83. The van der Waals surface area contributed by atoms with Crippen LogP contribution in [0.4, 0.5) is 0 Å². The minimum Gasteiger partial charge on any atom is -0.295 e. The van der Waals surface area contributed by atoms with E-state index in [1.54, 1.807) is 6.92 Å². The summed E-state index contributed by atoms with van der Waals surface area (Å²) in [6.45, 7) is 7.65. The van der Waals surface area contributed by atoms with Gasteiger partial charge in [0.15, 0.2) is 12.1 Å². The fourth-order valence-electron chi connectivity index (χ4n) is 0.170. The van der Waals surface area contributed by atoms with Crippen LogP contribution in [0.5, 0.6) is 0 Å². The van der Waals surface area contributed by atoms with Gasteiger partial charge in [-0.15, -0.1) is 13.2 Å². The maximum absolute atomic E-state index is 9.81. The van der Waals surface area contributed by atoms with E-state index in [4.69, 9.17) is 15.8 Å². The molecule has 0 aromatic carbocycles. The normalized spacial score (nSPS) is 6.07. The molecule has 0 unspecified atom stereocenters. The third-order valence-electron chi connectivity index (χ3n) is 0.867. The first-order valence-electron chi connectivity index (χ1n) is 3.83. The summed E-state index contributed by atoms with van der Waals surface area (Å²) in [6, 6.07) is 4.44. The fourth-order valence-corrected chi connectivity index (χ4v) is 0.170. The van der Waals surface area contributed by atoms with Gasteiger partial charge in [0, 0.05) is 6.42 Å². The first-order valence-corrected chi connectivity index (χ1v) is 3.83. The Balaban J connectivity index is -0.000000166. The van der Waals surface area contributed by atoms with Crippen molar-refractivity contribution < 1.29 is 9.59 Å². The van der Waals surface area contributed by atoms with Crippen molar-refractivity contribution in [2.45, 2.75) is 13.3 Å². The molecule has 0 radical (unpaired) electrons. The Labute approximate surface area is 88.8 Å². The molecule has 0 atom stereocenters. The third kappa shape index (κ3) is 18.5. The number of hydrogen-bond donors (Lipinski definition) is 0. The molecule has 15 heavy (non-hydrogen) atoms. The van der Waals surface area contributed by atoms with E-state index in [2.05, 4.69) is 13.2 Å². The lowest BCUT2D eigenvalue weighted by molar-refractivity contribution is -0.129. The monoisotopic (exact) mass is 205 g/mol. The Morgan fingerprint density at radius 3 is 1.60 bits per heavy atom. The summed E-state index contributed by atoms with van der Waals surface area (Å²) in [5.74, 6) is -1.44. The molecule has 0 spiro atoms. The molecule has 5 heteroatoms. The molecule has 0 bridgehead atoms. The standard InChI is InChI=1S/C4HN3.C4H6O2.C2H4/c5-1-4(2-6)3-7;1-2-4(6)3-5;1-2/h4H;3H,2H2,1H3;1-2H2. The molecule has 0 aliphatic carbocycles. The van der Waals surface area contributed by atoms with Crippen LogP contribution in [0.25, 0.3) is 0 Å². The van der Waals surface area contributed by atoms with E-state index in [-0.39, 0.29) is 5.78 Å². The highest BCUT2D eigenvalue weighted by atomic mass is 16.2. The number of carbonyl (C=O) groups is 2. The Bertz CT molecular complexity index is 271. The van der Waals surface area contributed by atoms with E-state index in [1.165, 1.54) is 18.2 Å². The van der Waals surface area contributed by atoms with E-state index < -0.39 is 5.92 Å². The van der Waals surface area contributed by atoms with E-state index in [1.807, 2.05) is 0 Å². The molecule has 0 N–H and O–H groups in total. The van der Waals surface area contributed by atoms with Gasteiger partial charge in [-0.1, -0.05) is 6.92 Å². The van der Waals surface area contributed by atoms with Crippen LogP contribution in [-0.2, 0) is 9.59 Å². The highest BCUT2D eigenvalue weighted by molar-refractivity contribution is 6.24. The number of nitriles is 3. The van der Waals surface area contributed by atoms with Crippen molar-refractivity contribution >= 4 is 12.1 Å². The van der Waals surface area contributed by atoms with Crippen LogP contribution in [0, 0.1) is 39.9 Å². The number of ketones is 1. The number of aldehydes is 1. The average Bonchev–Trinajstić information content (AvgIpc) is 2.33. The first kappa shape index (κ1) is 18.4. The molecule has 0 aromatic rings. The molecule has 0 amide bonds. The second-order valence-electron chi connectivity index (χ2n) is 1.76. The van der Waals surface area contributed by atoms with Crippen molar-refractivity contribution in [3.63, 3.8) is 0 Å². The molecule has 0 saturated heterocycles. The van der Waals surface area contributed by atoms with E-state index in [0.717, 1.165) is 0 Å². The van der Waals surface area contributed by atoms with Gasteiger partial charge in [0.25, 0.3) is 0 Å². The molecule has 78 valence electrons. The largest absolute Gasteiger partial charge is 0.295 e. The van der Waals surface area contributed by atoms with E-state index in [0.29, 0.717) is 12.7 Å². The molecule has 0 aromatic heterocycles. The lowest BCUT2D eigenvalue weighted by atomic mass is 10.2. The maximum Gasteiger partial charge on any atom is 0.218 e. The summed E-state index contributed by atoms with van der Waals surface area (Å²) in [5.41, 5.74) is 0. The van der Waals surface area contributed by atoms with E-state index in [9.17, 15) is 9.59 Å². The lowest BCUT2D eigenvalue weighted by Crippen LogP contribution is -1.92. The smallest absolute Gasteiger partial charge is 0.218 e. The molecular weight excluding hydrogens is 194 g/mol. The van der Waals surface area contributed by atoms with Gasteiger partial charge in [0.1, 0.15) is 0 Å². The third-order valence-corrected chi connectivity index (χ3v) is 0.867. The van der Waals surface area contributed by atoms with Gasteiger partial charge >= 0.3 is 0 Å². The Morgan fingerprint density at radius 1 is 1.27 bits per heavy atom. The molecule has 0 rings (SSSR count). The van der Waals surface area contributed by atoms with Crippen LogP contribution < -0.4 is 0 Å². The Kier molecular flexibility index (Phi) is 21.5. The Hall–Kier alpha value is -2.45. The van der Waals surface area contributed by atoms with Crippen molar-refractivity contribution in [1.29, 1.82) is 15.8 Å². The molecule has 0 fully saturated rings. The van der Waals surface area contributed by atoms with Gasteiger partial charge in [0.05, 0.1) is 18.2 Å². The summed E-state index contributed by atoms with van der Waals surface area (Å²) in [7, 11) is 0. The predicted octanol–water partition coefficient (Wildman–Crippen LogP) is 1.14. The van der Waals surface area contributed by atoms with Crippen LogP contribution in [-0.4, -0.2) is 12.1 Å². The minimum absolute atomic E-state index is 0.323. The molecule has 0 saturated carbocycles. The quantitative estimate of drug-likeness (QED) is 0.381. The number of hydrogen-bond acceptors (Lipinski definition) is 5. The molecule has 0 aliphatic heterocycles. The number of rotatable bonds is 2. The van der Waals surface area contributed by atoms with Gasteiger partial charge < -0.3 is 0 Å². The molecule has 0 heterocycles. The molecule has 5 nitrogen and oxygen atoms in total. The highest BCUT2D eigenvalue weighted by Gasteiger charge is 1.97. The summed E-state index contributed by atoms with van der Waals surface area (Å²) < 4.78 is 0. The van der Waals surface area contributed by atoms with Gasteiger partial charge in [-0.05, 0) is 0 Å². The van der Waals surface area contributed by atoms with Crippen LogP contribution in [0.3, 0.4) is 0 Å². The number of Topliss-reactive ketones (excluding diaryl/α,β-unsaturated/α-hetero) is 1. The van der Waals surface area contributed by atoms with Crippen molar-refractivity contribution in [1.82, 2.24) is 0 Å². The zero-order chi connectivity index (χ0) is 12.7. The number of nitrogens with zero attached hydrogens (tertiary/aromatic N) is 3. The SMILES string of the molecule is C=C.CCC(=O)C=O.N#CC(C#N)C#N. The Morgan fingerprint density at radius 2 is 1.60 bits per heavy atom. The average molecular weight is 205 g/mol. The first-order chi connectivity index (χ1) is 7.15. The summed E-state index contributed by atoms with van der Waals surface area (Å²) in [6.07, 6.45) is 0.656. The van der Waals surface area contributed by atoms with Crippen LogP contribution in [0.15, 0.2) is 13.2 Å². The topological polar surface area (TPSA) is 106 Å². The summed E-state index contributed by atoms with van der Waals surface area (Å²) in [4.78, 5) is 19.2. The van der Waals surface area contributed by atoms with E-state index >= 15 is 0 Å². The van der Waals surface area contributed by atoms with Crippen LogP contribution in [0.2, 0.25) is 0 Å². The summed E-state index contributed by atoms with van der Waals surface area (Å²) in [5, 5.41) is 23.5. The van der Waals surface area contributed by atoms with Crippen LogP contribution in [0.1, 0.15) is 13.3 Å². The zero-order valence-electron chi connectivity index (χ0n) is 8.43. The van der Waals surface area contributed by atoms with Crippen molar-refractivity contribution in [3.8, 4) is 18.2 Å². The van der Waals surface area contributed by atoms with Gasteiger partial charge in [-0.2, -0.15) is 15.8 Å². The zero-order valence-corrected chi connectivity index (χ0v) is 8.43. The van der Waals surface area contributed by atoms with Gasteiger partial charge in [-0.3, -0.25) is 9.59 Å². The van der Waals surface area contributed by atoms with Crippen LogP contribution >= 0.6 is 0 Å². The van der Waals surface area contributed by atoms with Crippen molar-refractivity contribution in [2.75, 3.05) is 0 Å². The second kappa shape index (κ2) is 17.6. The minimum atomic E-state index is -1.10. The van der Waals surface area contributed by atoms with Crippen molar-refractivity contribution in [3.05, 3.63) is 13.2 Å². The second-order valence-corrected chi connectivity index (χ2v) is 1.76. The predicted molar refractivity (Wildman–Crippen MR) is 52.9 cm³/mol. The van der Waals surface area contributed by atoms with Gasteiger partial charge in [0.2, 0.25) is 5.92 Å². The number of carbonyl (C=O) groups excluding carboxylic acids is 2. The van der Waals surface area contributed by atoms with Gasteiger partial charge in [-0.25, -0.2) is 0 Å². The molecule has 0 aliphatic rings. The van der Waals surface area contributed by atoms with Crippen molar-refractivity contribution in [2.24, 2.45) is 5.92 Å².